The zero-order chi connectivity index (χ0) is 17.2. The van der Waals surface area contributed by atoms with Gasteiger partial charge in [-0.25, -0.2) is 0 Å². The molecule has 2 aromatic rings. The molecule has 0 heterocycles. The van der Waals surface area contributed by atoms with Crippen molar-refractivity contribution in [2.45, 2.75) is 0 Å². The highest BCUT2D eigenvalue weighted by Crippen LogP contribution is 2.30. The molecule has 7 heteroatoms. The Balaban J connectivity index is 0.000000238. The molecule has 0 spiro atoms. The first kappa shape index (κ1) is 19.6. The van der Waals surface area contributed by atoms with Gasteiger partial charge in [-0.2, -0.15) is 0 Å². The smallest absolute Gasteiger partial charge is 0.144 e. The van der Waals surface area contributed by atoms with Gasteiger partial charge in [-0.1, -0.05) is 44.1 Å². The second-order valence-electron chi connectivity index (χ2n) is 4.12. The molecule has 0 aromatic heterocycles. The summed E-state index contributed by atoms with van der Waals surface area (Å²) in [6, 6.07) is 11.1. The molecule has 0 aliphatic carbocycles. The number of halogens is 2. The van der Waals surface area contributed by atoms with Crippen LogP contribution in [-0.2, 0) is 0 Å². The topological polar surface area (TPSA) is 56.8 Å². The minimum absolute atomic E-state index is 0.650. The second-order valence-corrected chi connectivity index (χ2v) is 6.22. The van der Waals surface area contributed by atoms with Crippen molar-refractivity contribution < 1.29 is 9.47 Å². The third-order valence-electron chi connectivity index (χ3n) is 2.61. The zero-order valence-corrected chi connectivity index (χ0v) is 16.6. The molecule has 0 amide bonds. The number of aliphatic imine (C=N–C) groups is 1. The summed E-state index contributed by atoms with van der Waals surface area (Å²) in [5.74, 6) is 1.44. The number of rotatable bonds is 4. The van der Waals surface area contributed by atoms with Crippen molar-refractivity contribution in [1.29, 1.82) is 0 Å². The summed E-state index contributed by atoms with van der Waals surface area (Å²) in [6.45, 7) is 0. The van der Waals surface area contributed by atoms with E-state index in [2.05, 4.69) is 49.1 Å². The molecule has 0 saturated carbocycles. The molecule has 2 rings (SSSR count). The van der Waals surface area contributed by atoms with Crippen molar-refractivity contribution in [2.75, 3.05) is 20.0 Å². The number of hydrogen-bond acceptors (Lipinski definition) is 5. The quantitative estimate of drug-likeness (QED) is 0.387. The van der Waals surface area contributed by atoms with Crippen molar-refractivity contribution in [3.63, 3.8) is 0 Å². The van der Waals surface area contributed by atoms with Gasteiger partial charge < -0.3 is 15.2 Å². The van der Waals surface area contributed by atoms with Crippen molar-refractivity contribution in [1.82, 2.24) is 0 Å². The lowest BCUT2D eigenvalue weighted by molar-refractivity contribution is 0.416. The van der Waals surface area contributed by atoms with E-state index < -0.39 is 0 Å². The molecule has 0 bridgehead atoms. The second kappa shape index (κ2) is 10.4. The number of thiocarbonyl (C=S) groups is 1. The van der Waals surface area contributed by atoms with Crippen molar-refractivity contribution in [3.8, 4) is 11.5 Å². The Labute approximate surface area is 158 Å². The molecule has 0 aliphatic heterocycles. The maximum atomic E-state index is 5.58. The minimum Gasteiger partial charge on any atom is -0.495 e. The van der Waals surface area contributed by atoms with E-state index in [4.69, 9.17) is 15.2 Å². The first-order valence-electron chi connectivity index (χ1n) is 6.42. The van der Waals surface area contributed by atoms with Gasteiger partial charge in [0.2, 0.25) is 0 Å². The van der Waals surface area contributed by atoms with E-state index in [-0.39, 0.29) is 0 Å². The molecule has 0 atom stereocenters. The van der Waals surface area contributed by atoms with E-state index in [0.717, 1.165) is 20.4 Å². The molecule has 2 aromatic carbocycles. The van der Waals surface area contributed by atoms with Gasteiger partial charge >= 0.3 is 0 Å². The number of ether oxygens (including phenoxy) is 2. The third kappa shape index (κ3) is 6.68. The van der Waals surface area contributed by atoms with Gasteiger partial charge in [0.05, 0.1) is 19.9 Å². The van der Waals surface area contributed by atoms with Crippen LogP contribution in [0.25, 0.3) is 0 Å². The lowest BCUT2D eigenvalue weighted by Gasteiger charge is -2.03. The average Bonchev–Trinajstić information content (AvgIpc) is 2.54. The van der Waals surface area contributed by atoms with Crippen LogP contribution in [0.15, 0.2) is 50.3 Å². The first-order chi connectivity index (χ1) is 11.0. The summed E-state index contributed by atoms with van der Waals surface area (Å²) >= 11 is 11.3. The molecule has 2 N–H and O–H groups in total. The molecule has 0 saturated heterocycles. The Kier molecular flexibility index (Phi) is 8.83. The Bertz CT molecular complexity index is 694. The summed E-state index contributed by atoms with van der Waals surface area (Å²) in [5.41, 5.74) is 6.99. The Morgan fingerprint density at radius 1 is 1.00 bits per heavy atom. The number of anilines is 1. The SMILES string of the molecule is COc1ccc(Br)cc1N.COc1ccc(Br)cc1N=CC=S. The van der Waals surface area contributed by atoms with Crippen molar-refractivity contribution in [2.24, 2.45) is 4.99 Å². The van der Waals surface area contributed by atoms with Gasteiger partial charge in [0.1, 0.15) is 17.2 Å². The Morgan fingerprint density at radius 3 is 2.09 bits per heavy atom. The lowest BCUT2D eigenvalue weighted by atomic mass is 10.3. The summed E-state index contributed by atoms with van der Waals surface area (Å²) in [5, 5.41) is 1.46. The Morgan fingerprint density at radius 2 is 1.57 bits per heavy atom. The van der Waals surface area contributed by atoms with Crippen LogP contribution in [0.1, 0.15) is 0 Å². The van der Waals surface area contributed by atoms with Crippen LogP contribution in [0.2, 0.25) is 0 Å². The van der Waals surface area contributed by atoms with Crippen LogP contribution < -0.4 is 15.2 Å². The predicted molar refractivity (Wildman–Crippen MR) is 108 cm³/mol. The third-order valence-corrected chi connectivity index (χ3v) is 3.72. The van der Waals surface area contributed by atoms with Gasteiger partial charge in [0.15, 0.2) is 0 Å². The number of nitrogens with zero attached hydrogens (tertiary/aromatic N) is 1. The standard InChI is InChI=1S/C9H8BrNOS.C7H8BrNO/c1-12-9-3-2-7(10)6-8(9)11-4-5-13;1-10-7-3-2-5(8)4-6(7)9/h2-6H,1H3;2-4H,9H2,1H3. The van der Waals surface area contributed by atoms with E-state index in [1.165, 1.54) is 5.37 Å². The highest BCUT2D eigenvalue weighted by atomic mass is 79.9. The summed E-state index contributed by atoms with van der Waals surface area (Å²) < 4.78 is 12.0. The van der Waals surface area contributed by atoms with E-state index in [1.807, 2.05) is 30.3 Å². The monoisotopic (exact) mass is 458 g/mol. The molecule has 0 fully saturated rings. The number of methoxy groups -OCH3 is 2. The van der Waals surface area contributed by atoms with Crippen LogP contribution >= 0.6 is 44.1 Å². The summed E-state index contributed by atoms with van der Waals surface area (Å²) in [4.78, 5) is 4.12. The van der Waals surface area contributed by atoms with Gasteiger partial charge in [0, 0.05) is 20.5 Å². The van der Waals surface area contributed by atoms with Crippen molar-refractivity contribution >= 4 is 67.0 Å². The van der Waals surface area contributed by atoms with Crippen molar-refractivity contribution in [3.05, 3.63) is 45.3 Å². The van der Waals surface area contributed by atoms with Crippen LogP contribution in [0.3, 0.4) is 0 Å². The lowest BCUT2D eigenvalue weighted by Crippen LogP contribution is -1.90. The fourth-order valence-corrected chi connectivity index (χ4v) is 2.37. The average molecular weight is 460 g/mol. The largest absolute Gasteiger partial charge is 0.495 e. The van der Waals surface area contributed by atoms with Crippen LogP contribution in [0, 0.1) is 0 Å². The molecule has 122 valence electrons. The maximum absolute atomic E-state index is 5.58. The number of benzene rings is 2. The summed E-state index contributed by atoms with van der Waals surface area (Å²) in [7, 11) is 3.21. The van der Waals surface area contributed by atoms with E-state index >= 15 is 0 Å². The van der Waals surface area contributed by atoms with Crippen LogP contribution in [-0.4, -0.2) is 25.8 Å². The van der Waals surface area contributed by atoms with Crippen LogP contribution in [0.5, 0.6) is 11.5 Å². The number of nitrogen functional groups attached to an aromatic ring is 1. The molecular weight excluding hydrogens is 444 g/mol. The molecule has 4 nitrogen and oxygen atoms in total. The fourth-order valence-electron chi connectivity index (χ4n) is 1.58. The number of hydrogen-bond donors (Lipinski definition) is 1. The molecule has 0 radical (unpaired) electrons. The van der Waals surface area contributed by atoms with E-state index in [1.54, 1.807) is 26.5 Å². The van der Waals surface area contributed by atoms with Gasteiger partial charge in [0.25, 0.3) is 0 Å². The molecule has 23 heavy (non-hydrogen) atoms. The maximum Gasteiger partial charge on any atom is 0.144 e. The van der Waals surface area contributed by atoms with Gasteiger partial charge in [-0.15, -0.1) is 0 Å². The molecule has 0 aliphatic rings. The van der Waals surface area contributed by atoms with Crippen LogP contribution in [0.4, 0.5) is 11.4 Å². The summed E-state index contributed by atoms with van der Waals surface area (Å²) in [6.07, 6.45) is 1.56. The Hall–Kier alpha value is -1.44. The zero-order valence-electron chi connectivity index (χ0n) is 12.6. The van der Waals surface area contributed by atoms with E-state index in [9.17, 15) is 0 Å². The van der Waals surface area contributed by atoms with E-state index in [0.29, 0.717) is 11.4 Å². The first-order valence-corrected chi connectivity index (χ1v) is 8.48. The van der Waals surface area contributed by atoms with Gasteiger partial charge in [-0.3, -0.25) is 4.99 Å². The highest BCUT2D eigenvalue weighted by Gasteiger charge is 2.00. The van der Waals surface area contributed by atoms with Gasteiger partial charge in [-0.05, 0) is 36.4 Å². The molecular formula is C16H16Br2N2O2S. The highest BCUT2D eigenvalue weighted by molar-refractivity contribution is 9.10. The molecule has 0 unspecified atom stereocenters. The minimum atomic E-state index is 0.650. The normalized spacial score (nSPS) is 9.91. The fraction of sp³-hybridized carbons (Fsp3) is 0.125. The predicted octanol–water partition coefficient (Wildman–Crippen LogP) is 5.20. The number of nitrogens with two attached hydrogens (primary N) is 1.